The van der Waals surface area contributed by atoms with E-state index in [9.17, 15) is 0 Å². The Balaban J connectivity index is 2.28. The standard InChI is InChI=1S/C18H16N2/c19-12-11-14-6-1-3-7-15(14)17-10-9-13-5-2-4-8-16(13)18(17)20/h1-12H,19-20H2/b12-11-. The molecule has 0 aliphatic rings. The van der Waals surface area contributed by atoms with E-state index in [2.05, 4.69) is 30.3 Å². The molecule has 2 heteroatoms. The molecule has 0 saturated carbocycles. The lowest BCUT2D eigenvalue weighted by Gasteiger charge is -2.12. The van der Waals surface area contributed by atoms with Crippen molar-refractivity contribution >= 4 is 22.5 Å². The smallest absolute Gasteiger partial charge is 0.0473 e. The summed E-state index contributed by atoms with van der Waals surface area (Å²) in [4.78, 5) is 0. The fourth-order valence-electron chi connectivity index (χ4n) is 2.52. The lowest BCUT2D eigenvalue weighted by Crippen LogP contribution is -1.93. The van der Waals surface area contributed by atoms with Crippen LogP contribution in [0, 0.1) is 0 Å². The molecule has 0 atom stereocenters. The van der Waals surface area contributed by atoms with E-state index in [0.29, 0.717) is 0 Å². The Morgan fingerprint density at radius 1 is 0.750 bits per heavy atom. The first-order valence-electron chi connectivity index (χ1n) is 6.56. The van der Waals surface area contributed by atoms with E-state index in [1.54, 1.807) is 6.20 Å². The molecule has 4 N–H and O–H groups in total. The molecule has 20 heavy (non-hydrogen) atoms. The van der Waals surface area contributed by atoms with Crippen LogP contribution in [0.4, 0.5) is 5.69 Å². The quantitative estimate of drug-likeness (QED) is 0.684. The average Bonchev–Trinajstić information content (AvgIpc) is 2.49. The normalized spacial score (nSPS) is 11.2. The molecule has 0 fully saturated rings. The van der Waals surface area contributed by atoms with Crippen molar-refractivity contribution in [2.24, 2.45) is 5.73 Å². The first kappa shape index (κ1) is 12.3. The molecule has 0 aliphatic carbocycles. The summed E-state index contributed by atoms with van der Waals surface area (Å²) in [7, 11) is 0. The summed E-state index contributed by atoms with van der Waals surface area (Å²) < 4.78 is 0. The van der Waals surface area contributed by atoms with Gasteiger partial charge in [0.1, 0.15) is 0 Å². The van der Waals surface area contributed by atoms with Gasteiger partial charge >= 0.3 is 0 Å². The summed E-state index contributed by atoms with van der Waals surface area (Å²) in [6.45, 7) is 0. The fourth-order valence-corrected chi connectivity index (χ4v) is 2.52. The van der Waals surface area contributed by atoms with Crippen LogP contribution in [0.1, 0.15) is 5.56 Å². The lowest BCUT2D eigenvalue weighted by molar-refractivity contribution is 1.58. The molecule has 0 bridgehead atoms. The maximum absolute atomic E-state index is 6.36. The average molecular weight is 260 g/mol. The molecule has 0 unspecified atom stereocenters. The predicted molar refractivity (Wildman–Crippen MR) is 87.0 cm³/mol. The summed E-state index contributed by atoms with van der Waals surface area (Å²) >= 11 is 0. The third kappa shape index (κ3) is 2.01. The molecule has 0 spiro atoms. The largest absolute Gasteiger partial charge is 0.405 e. The first-order valence-corrected chi connectivity index (χ1v) is 6.56. The SMILES string of the molecule is N/C=C\c1ccccc1-c1ccc2ccccc2c1N. The van der Waals surface area contributed by atoms with Crippen molar-refractivity contribution in [1.29, 1.82) is 0 Å². The van der Waals surface area contributed by atoms with E-state index in [4.69, 9.17) is 11.5 Å². The van der Waals surface area contributed by atoms with Crippen molar-refractivity contribution in [2.45, 2.75) is 0 Å². The first-order chi connectivity index (χ1) is 9.81. The Bertz CT molecular complexity index is 788. The van der Waals surface area contributed by atoms with Crippen molar-refractivity contribution in [3.05, 3.63) is 72.4 Å². The molecule has 0 radical (unpaired) electrons. The summed E-state index contributed by atoms with van der Waals surface area (Å²) in [6, 6.07) is 20.4. The van der Waals surface area contributed by atoms with Crippen molar-refractivity contribution in [3.8, 4) is 11.1 Å². The van der Waals surface area contributed by atoms with E-state index in [0.717, 1.165) is 33.2 Å². The molecular formula is C18H16N2. The highest BCUT2D eigenvalue weighted by atomic mass is 14.6. The molecule has 3 rings (SSSR count). The minimum Gasteiger partial charge on any atom is -0.405 e. The third-order valence-corrected chi connectivity index (χ3v) is 3.50. The van der Waals surface area contributed by atoms with Gasteiger partial charge in [-0.25, -0.2) is 0 Å². The van der Waals surface area contributed by atoms with Crippen LogP contribution in [0.2, 0.25) is 0 Å². The van der Waals surface area contributed by atoms with Gasteiger partial charge in [-0.1, -0.05) is 60.7 Å². The molecule has 2 nitrogen and oxygen atoms in total. The van der Waals surface area contributed by atoms with Gasteiger partial charge in [0.2, 0.25) is 0 Å². The van der Waals surface area contributed by atoms with E-state index >= 15 is 0 Å². The third-order valence-electron chi connectivity index (χ3n) is 3.50. The van der Waals surface area contributed by atoms with Gasteiger partial charge in [0.25, 0.3) is 0 Å². The number of anilines is 1. The number of hydrogen-bond donors (Lipinski definition) is 2. The van der Waals surface area contributed by atoms with E-state index in [1.807, 2.05) is 36.4 Å². The van der Waals surface area contributed by atoms with Crippen LogP contribution in [-0.4, -0.2) is 0 Å². The second-order valence-corrected chi connectivity index (χ2v) is 4.69. The number of rotatable bonds is 2. The van der Waals surface area contributed by atoms with Gasteiger partial charge in [-0.2, -0.15) is 0 Å². The molecule has 0 saturated heterocycles. The van der Waals surface area contributed by atoms with E-state index in [-0.39, 0.29) is 0 Å². The predicted octanol–water partition coefficient (Wildman–Crippen LogP) is 4.02. The topological polar surface area (TPSA) is 52.0 Å². The van der Waals surface area contributed by atoms with E-state index in [1.165, 1.54) is 0 Å². The Kier molecular flexibility index (Phi) is 3.13. The van der Waals surface area contributed by atoms with Crippen molar-refractivity contribution in [2.75, 3.05) is 5.73 Å². The zero-order valence-corrected chi connectivity index (χ0v) is 11.1. The van der Waals surface area contributed by atoms with Gasteiger partial charge in [0.15, 0.2) is 0 Å². The van der Waals surface area contributed by atoms with Crippen LogP contribution in [0.3, 0.4) is 0 Å². The molecular weight excluding hydrogens is 244 g/mol. The number of nitrogens with two attached hydrogens (primary N) is 2. The zero-order valence-electron chi connectivity index (χ0n) is 11.1. The van der Waals surface area contributed by atoms with Crippen molar-refractivity contribution in [3.63, 3.8) is 0 Å². The Morgan fingerprint density at radius 2 is 1.50 bits per heavy atom. The monoisotopic (exact) mass is 260 g/mol. The van der Waals surface area contributed by atoms with Gasteiger partial charge in [0, 0.05) is 16.6 Å². The molecule has 0 amide bonds. The molecule has 3 aromatic rings. The lowest BCUT2D eigenvalue weighted by atomic mass is 9.95. The van der Waals surface area contributed by atoms with Gasteiger partial charge in [-0.15, -0.1) is 0 Å². The van der Waals surface area contributed by atoms with Crippen LogP contribution >= 0.6 is 0 Å². The zero-order chi connectivity index (χ0) is 13.9. The number of nitrogen functional groups attached to an aromatic ring is 1. The Morgan fingerprint density at radius 3 is 2.35 bits per heavy atom. The van der Waals surface area contributed by atoms with Crippen LogP contribution in [0.5, 0.6) is 0 Å². The second kappa shape index (κ2) is 5.10. The number of fused-ring (bicyclic) bond motifs is 1. The van der Waals surface area contributed by atoms with Crippen molar-refractivity contribution in [1.82, 2.24) is 0 Å². The fraction of sp³-hybridized carbons (Fsp3) is 0. The van der Waals surface area contributed by atoms with Crippen LogP contribution in [0.25, 0.3) is 28.0 Å². The Hall–Kier alpha value is -2.74. The maximum atomic E-state index is 6.36. The molecule has 0 aliphatic heterocycles. The second-order valence-electron chi connectivity index (χ2n) is 4.69. The molecule has 0 aromatic heterocycles. The van der Waals surface area contributed by atoms with Gasteiger partial charge < -0.3 is 11.5 Å². The maximum Gasteiger partial charge on any atom is 0.0473 e. The van der Waals surface area contributed by atoms with E-state index < -0.39 is 0 Å². The van der Waals surface area contributed by atoms with Crippen LogP contribution < -0.4 is 11.5 Å². The summed E-state index contributed by atoms with van der Waals surface area (Å²) in [5.41, 5.74) is 15.9. The summed E-state index contributed by atoms with van der Waals surface area (Å²) in [5.74, 6) is 0. The summed E-state index contributed by atoms with van der Waals surface area (Å²) in [6.07, 6.45) is 3.44. The highest BCUT2D eigenvalue weighted by Crippen LogP contribution is 2.34. The highest BCUT2D eigenvalue weighted by Gasteiger charge is 2.08. The van der Waals surface area contributed by atoms with Gasteiger partial charge in [0.05, 0.1) is 0 Å². The minimum atomic E-state index is 0.806. The minimum absolute atomic E-state index is 0.806. The molecule has 98 valence electrons. The molecule has 3 aromatic carbocycles. The van der Waals surface area contributed by atoms with Crippen molar-refractivity contribution < 1.29 is 0 Å². The van der Waals surface area contributed by atoms with Gasteiger partial charge in [-0.3, -0.25) is 0 Å². The molecule has 0 heterocycles. The van der Waals surface area contributed by atoms with Crippen LogP contribution in [-0.2, 0) is 0 Å². The summed E-state index contributed by atoms with van der Waals surface area (Å²) in [5, 5.41) is 2.23. The number of benzene rings is 3. The number of hydrogen-bond acceptors (Lipinski definition) is 2. The Labute approximate surface area is 118 Å². The highest BCUT2D eigenvalue weighted by molar-refractivity contribution is 6.01. The van der Waals surface area contributed by atoms with Crippen LogP contribution in [0.15, 0.2) is 66.9 Å². The van der Waals surface area contributed by atoms with Gasteiger partial charge in [-0.05, 0) is 28.8 Å².